The van der Waals surface area contributed by atoms with Gasteiger partial charge in [0, 0.05) is 25.7 Å². The fourth-order valence-corrected chi connectivity index (χ4v) is 2.02. The van der Waals surface area contributed by atoms with Gasteiger partial charge in [0.25, 0.3) is 0 Å². The molecule has 4 heteroatoms. The van der Waals surface area contributed by atoms with Crippen molar-refractivity contribution in [1.29, 1.82) is 0 Å². The first-order chi connectivity index (χ1) is 7.77. The van der Waals surface area contributed by atoms with Crippen LogP contribution in [0.1, 0.15) is 33.1 Å². The number of carbonyl (C=O) groups excluding carboxylic acids is 1. The van der Waals surface area contributed by atoms with Crippen molar-refractivity contribution in [3.63, 3.8) is 0 Å². The van der Waals surface area contributed by atoms with Crippen LogP contribution >= 0.6 is 0 Å². The molecule has 1 amide bonds. The summed E-state index contributed by atoms with van der Waals surface area (Å²) in [6.07, 6.45) is 3.09. The monoisotopic (exact) mass is 228 g/mol. The molecular weight excluding hydrogens is 204 g/mol. The number of piperidine rings is 1. The number of ether oxygens (including phenoxy) is 1. The van der Waals surface area contributed by atoms with Crippen LogP contribution in [0.5, 0.6) is 0 Å². The van der Waals surface area contributed by atoms with Crippen LogP contribution in [0.25, 0.3) is 0 Å². The summed E-state index contributed by atoms with van der Waals surface area (Å²) >= 11 is 0. The maximum atomic E-state index is 11.7. The highest BCUT2D eigenvalue weighted by Gasteiger charge is 2.21. The molecule has 0 aromatic carbocycles. The topological polar surface area (TPSA) is 41.6 Å². The zero-order valence-electron chi connectivity index (χ0n) is 10.5. The molecule has 0 aromatic heterocycles. The van der Waals surface area contributed by atoms with E-state index in [1.54, 1.807) is 0 Å². The van der Waals surface area contributed by atoms with E-state index in [2.05, 4.69) is 12.2 Å². The van der Waals surface area contributed by atoms with Crippen LogP contribution in [0.4, 0.5) is 0 Å². The van der Waals surface area contributed by atoms with Crippen molar-refractivity contribution in [2.75, 3.05) is 32.8 Å². The average Bonchev–Trinajstić information content (AvgIpc) is 2.30. The van der Waals surface area contributed by atoms with Crippen LogP contribution in [0.2, 0.25) is 0 Å². The predicted octanol–water partition coefficient (Wildman–Crippen LogP) is 1.01. The number of likely N-dealkylation sites (tertiary alicyclic amines) is 1. The van der Waals surface area contributed by atoms with E-state index < -0.39 is 0 Å². The fraction of sp³-hybridized carbons (Fsp3) is 0.917. The molecule has 0 radical (unpaired) electrons. The number of hydrogen-bond donors (Lipinski definition) is 1. The van der Waals surface area contributed by atoms with Crippen LogP contribution < -0.4 is 5.32 Å². The summed E-state index contributed by atoms with van der Waals surface area (Å²) in [5, 5.41) is 3.43. The van der Waals surface area contributed by atoms with Crippen LogP contribution in [0.15, 0.2) is 0 Å². The first-order valence-corrected chi connectivity index (χ1v) is 6.36. The zero-order valence-corrected chi connectivity index (χ0v) is 10.5. The molecule has 16 heavy (non-hydrogen) atoms. The minimum Gasteiger partial charge on any atom is -0.372 e. The highest BCUT2D eigenvalue weighted by Crippen LogP contribution is 2.10. The van der Waals surface area contributed by atoms with Gasteiger partial charge in [-0.05, 0) is 25.8 Å². The maximum absolute atomic E-state index is 11.7. The smallest absolute Gasteiger partial charge is 0.248 e. The highest BCUT2D eigenvalue weighted by atomic mass is 16.5. The molecule has 0 saturated carbocycles. The van der Waals surface area contributed by atoms with E-state index >= 15 is 0 Å². The molecule has 1 aliphatic heterocycles. The van der Waals surface area contributed by atoms with Crippen molar-refractivity contribution < 1.29 is 9.53 Å². The summed E-state index contributed by atoms with van der Waals surface area (Å²) in [5.41, 5.74) is 0. The first-order valence-electron chi connectivity index (χ1n) is 6.36. The lowest BCUT2D eigenvalue weighted by molar-refractivity contribution is -0.137. The molecule has 94 valence electrons. The van der Waals surface area contributed by atoms with Gasteiger partial charge in [-0.25, -0.2) is 0 Å². The Bertz CT molecular complexity index is 201. The van der Waals surface area contributed by atoms with Gasteiger partial charge in [0.15, 0.2) is 0 Å². The summed E-state index contributed by atoms with van der Waals surface area (Å²) in [6.45, 7) is 7.85. The molecule has 0 aliphatic carbocycles. The second kappa shape index (κ2) is 7.63. The van der Waals surface area contributed by atoms with Crippen molar-refractivity contribution in [3.8, 4) is 0 Å². The Balaban J connectivity index is 2.17. The predicted molar refractivity (Wildman–Crippen MR) is 64.4 cm³/mol. The standard InChI is InChI=1S/C12H24N2O2/c1-3-9-16-10-12(15)14-7-5-11(6-8-14)13-4-2/h11,13H,3-10H2,1-2H3. The molecule has 1 heterocycles. The Hall–Kier alpha value is -0.610. The molecule has 1 saturated heterocycles. The normalized spacial score (nSPS) is 17.8. The molecule has 0 unspecified atom stereocenters. The van der Waals surface area contributed by atoms with Crippen molar-refractivity contribution >= 4 is 5.91 Å². The third kappa shape index (κ3) is 4.49. The summed E-state index contributed by atoms with van der Waals surface area (Å²) in [7, 11) is 0. The zero-order chi connectivity index (χ0) is 11.8. The largest absolute Gasteiger partial charge is 0.372 e. The lowest BCUT2D eigenvalue weighted by atomic mass is 10.1. The molecule has 4 nitrogen and oxygen atoms in total. The van der Waals surface area contributed by atoms with Crippen LogP contribution in [0.3, 0.4) is 0 Å². The average molecular weight is 228 g/mol. The van der Waals surface area contributed by atoms with Gasteiger partial charge in [0.1, 0.15) is 6.61 Å². The van der Waals surface area contributed by atoms with Crippen LogP contribution in [-0.4, -0.2) is 49.7 Å². The van der Waals surface area contributed by atoms with Gasteiger partial charge in [-0.15, -0.1) is 0 Å². The maximum Gasteiger partial charge on any atom is 0.248 e. The molecule has 0 bridgehead atoms. The molecular formula is C12H24N2O2. The minimum atomic E-state index is 0.142. The Labute approximate surface area is 98.3 Å². The van der Waals surface area contributed by atoms with Gasteiger partial charge in [-0.3, -0.25) is 4.79 Å². The number of carbonyl (C=O) groups is 1. The van der Waals surface area contributed by atoms with Crippen molar-refractivity contribution in [3.05, 3.63) is 0 Å². The minimum absolute atomic E-state index is 0.142. The van der Waals surface area contributed by atoms with Crippen molar-refractivity contribution in [2.45, 2.75) is 39.2 Å². The van der Waals surface area contributed by atoms with Gasteiger partial charge >= 0.3 is 0 Å². The van der Waals surface area contributed by atoms with Gasteiger partial charge in [0.05, 0.1) is 0 Å². The fourth-order valence-electron chi connectivity index (χ4n) is 2.02. The van der Waals surface area contributed by atoms with Crippen LogP contribution in [0, 0.1) is 0 Å². The Morgan fingerprint density at radius 2 is 2.06 bits per heavy atom. The first kappa shape index (κ1) is 13.5. The van der Waals surface area contributed by atoms with E-state index in [1.165, 1.54) is 0 Å². The van der Waals surface area contributed by atoms with E-state index in [0.29, 0.717) is 12.6 Å². The van der Waals surface area contributed by atoms with Gasteiger partial charge in [0.2, 0.25) is 5.91 Å². The lowest BCUT2D eigenvalue weighted by Crippen LogP contribution is -2.46. The number of rotatable bonds is 6. The SMILES string of the molecule is CCCOCC(=O)N1CCC(NCC)CC1. The molecule has 0 aromatic rings. The summed E-state index contributed by atoms with van der Waals surface area (Å²) in [6, 6.07) is 0.589. The molecule has 0 atom stereocenters. The third-order valence-corrected chi connectivity index (χ3v) is 2.91. The van der Waals surface area contributed by atoms with E-state index in [9.17, 15) is 4.79 Å². The Morgan fingerprint density at radius 1 is 1.38 bits per heavy atom. The second-order valence-corrected chi connectivity index (χ2v) is 4.27. The second-order valence-electron chi connectivity index (χ2n) is 4.27. The summed E-state index contributed by atoms with van der Waals surface area (Å²) in [5.74, 6) is 0.142. The third-order valence-electron chi connectivity index (χ3n) is 2.91. The lowest BCUT2D eigenvalue weighted by Gasteiger charge is -2.32. The summed E-state index contributed by atoms with van der Waals surface area (Å²) in [4.78, 5) is 13.6. The molecule has 1 aliphatic rings. The number of nitrogens with zero attached hydrogens (tertiary/aromatic N) is 1. The van der Waals surface area contributed by atoms with Gasteiger partial charge in [-0.2, -0.15) is 0 Å². The number of amides is 1. The van der Waals surface area contributed by atoms with E-state index in [0.717, 1.165) is 38.9 Å². The van der Waals surface area contributed by atoms with Crippen LogP contribution in [-0.2, 0) is 9.53 Å². The summed E-state index contributed by atoms with van der Waals surface area (Å²) < 4.78 is 5.27. The van der Waals surface area contributed by atoms with E-state index in [1.807, 2.05) is 11.8 Å². The van der Waals surface area contributed by atoms with Gasteiger partial charge in [-0.1, -0.05) is 13.8 Å². The molecule has 1 fully saturated rings. The Morgan fingerprint density at radius 3 is 2.62 bits per heavy atom. The Kier molecular flexibility index (Phi) is 6.42. The van der Waals surface area contributed by atoms with Crippen molar-refractivity contribution in [1.82, 2.24) is 10.2 Å². The number of nitrogens with one attached hydrogen (secondary N) is 1. The number of hydrogen-bond acceptors (Lipinski definition) is 3. The molecule has 1 N–H and O–H groups in total. The van der Waals surface area contributed by atoms with Gasteiger partial charge < -0.3 is 15.0 Å². The van der Waals surface area contributed by atoms with E-state index in [4.69, 9.17) is 4.74 Å². The molecule has 1 rings (SSSR count). The molecule has 0 spiro atoms. The quantitative estimate of drug-likeness (QED) is 0.690. The van der Waals surface area contributed by atoms with Crippen molar-refractivity contribution in [2.24, 2.45) is 0 Å². The van der Waals surface area contributed by atoms with E-state index in [-0.39, 0.29) is 12.5 Å². The highest BCUT2D eigenvalue weighted by molar-refractivity contribution is 5.77.